The van der Waals surface area contributed by atoms with E-state index in [1.165, 1.54) is 15.6 Å². The van der Waals surface area contributed by atoms with Crippen molar-refractivity contribution < 1.29 is 4.74 Å². The van der Waals surface area contributed by atoms with Crippen LogP contribution in [0.25, 0.3) is 0 Å². The summed E-state index contributed by atoms with van der Waals surface area (Å²) >= 11 is 3.50. The van der Waals surface area contributed by atoms with Crippen molar-refractivity contribution in [2.45, 2.75) is 26.1 Å². The molecular weight excluding hydrogens is 240 g/mol. The minimum Gasteiger partial charge on any atom is -0.356 e. The van der Waals surface area contributed by atoms with E-state index in [-0.39, 0.29) is 12.2 Å². The van der Waals surface area contributed by atoms with E-state index >= 15 is 0 Å². The zero-order chi connectivity index (χ0) is 10.1. The molecule has 2 aliphatic rings. The van der Waals surface area contributed by atoms with Crippen molar-refractivity contribution >= 4 is 15.9 Å². The Bertz CT molecular complexity index is 370. The van der Waals surface area contributed by atoms with Gasteiger partial charge in [-0.3, -0.25) is 0 Å². The molecule has 2 aliphatic heterocycles. The number of halogens is 1. The molecule has 2 atom stereocenters. The SMILES string of the molecule is BrC1=CC2OC1c1ccccc12.CC. The molecular formula is C12H13BrO. The van der Waals surface area contributed by atoms with Crippen LogP contribution >= 0.6 is 15.9 Å². The highest BCUT2D eigenvalue weighted by atomic mass is 79.9. The Hall–Kier alpha value is -0.600. The van der Waals surface area contributed by atoms with Crippen LogP contribution in [0.5, 0.6) is 0 Å². The predicted molar refractivity (Wildman–Crippen MR) is 61.4 cm³/mol. The van der Waals surface area contributed by atoms with Gasteiger partial charge < -0.3 is 4.74 Å². The van der Waals surface area contributed by atoms with Gasteiger partial charge in [0, 0.05) is 4.48 Å². The smallest absolute Gasteiger partial charge is 0.115 e. The molecule has 0 amide bonds. The van der Waals surface area contributed by atoms with Gasteiger partial charge in [-0.25, -0.2) is 0 Å². The van der Waals surface area contributed by atoms with Gasteiger partial charge in [0.2, 0.25) is 0 Å². The Morgan fingerprint density at radius 1 is 1.14 bits per heavy atom. The maximum absolute atomic E-state index is 5.72. The summed E-state index contributed by atoms with van der Waals surface area (Å²) in [6, 6.07) is 8.39. The van der Waals surface area contributed by atoms with Gasteiger partial charge in [-0.05, 0) is 17.2 Å². The highest BCUT2D eigenvalue weighted by Gasteiger charge is 2.37. The lowest BCUT2D eigenvalue weighted by atomic mass is 9.97. The zero-order valence-corrected chi connectivity index (χ0v) is 9.91. The van der Waals surface area contributed by atoms with Gasteiger partial charge in [-0.1, -0.05) is 54.0 Å². The van der Waals surface area contributed by atoms with Crippen molar-refractivity contribution in [3.63, 3.8) is 0 Å². The zero-order valence-electron chi connectivity index (χ0n) is 8.33. The molecule has 0 saturated carbocycles. The van der Waals surface area contributed by atoms with E-state index < -0.39 is 0 Å². The molecule has 2 unspecified atom stereocenters. The second-order valence-electron chi connectivity index (χ2n) is 3.12. The van der Waals surface area contributed by atoms with Gasteiger partial charge in [0.1, 0.15) is 12.2 Å². The van der Waals surface area contributed by atoms with Gasteiger partial charge in [-0.2, -0.15) is 0 Å². The number of hydrogen-bond donors (Lipinski definition) is 0. The summed E-state index contributed by atoms with van der Waals surface area (Å²) in [5.74, 6) is 0. The van der Waals surface area contributed by atoms with Crippen LogP contribution in [0, 0.1) is 0 Å². The largest absolute Gasteiger partial charge is 0.356 e. The fourth-order valence-electron chi connectivity index (χ4n) is 1.88. The minimum absolute atomic E-state index is 0.172. The summed E-state index contributed by atoms with van der Waals surface area (Å²) in [5.41, 5.74) is 2.64. The average molecular weight is 253 g/mol. The summed E-state index contributed by atoms with van der Waals surface area (Å²) in [6.45, 7) is 4.00. The molecule has 0 aliphatic carbocycles. The van der Waals surface area contributed by atoms with Crippen LogP contribution in [0.3, 0.4) is 0 Å². The number of ether oxygens (including phenoxy) is 1. The first-order valence-corrected chi connectivity index (χ1v) is 5.77. The highest BCUT2D eigenvalue weighted by Crippen LogP contribution is 2.51. The van der Waals surface area contributed by atoms with E-state index in [9.17, 15) is 0 Å². The number of benzene rings is 1. The molecule has 2 heteroatoms. The molecule has 0 aromatic heterocycles. The molecule has 14 heavy (non-hydrogen) atoms. The Morgan fingerprint density at radius 2 is 1.79 bits per heavy atom. The lowest BCUT2D eigenvalue weighted by Gasteiger charge is -2.08. The van der Waals surface area contributed by atoms with Gasteiger partial charge in [0.25, 0.3) is 0 Å². The van der Waals surface area contributed by atoms with E-state index in [2.05, 4.69) is 46.3 Å². The first kappa shape index (κ1) is 9.94. The Morgan fingerprint density at radius 3 is 2.50 bits per heavy atom. The van der Waals surface area contributed by atoms with Crippen molar-refractivity contribution in [1.82, 2.24) is 0 Å². The van der Waals surface area contributed by atoms with Gasteiger partial charge in [0.05, 0.1) is 0 Å². The quantitative estimate of drug-likeness (QED) is 0.675. The summed E-state index contributed by atoms with van der Waals surface area (Å²) in [7, 11) is 0. The Balaban J connectivity index is 0.000000354. The predicted octanol–water partition coefficient (Wildman–Crippen LogP) is 4.12. The summed E-state index contributed by atoms with van der Waals surface area (Å²) < 4.78 is 6.89. The van der Waals surface area contributed by atoms with E-state index in [1.54, 1.807) is 0 Å². The average Bonchev–Trinajstić information content (AvgIpc) is 2.79. The second kappa shape index (κ2) is 3.87. The molecule has 0 fully saturated rings. The molecule has 74 valence electrons. The molecule has 2 heterocycles. The lowest BCUT2D eigenvalue weighted by Crippen LogP contribution is -1.94. The Kier molecular flexibility index (Phi) is 2.75. The van der Waals surface area contributed by atoms with Crippen LogP contribution in [-0.2, 0) is 4.74 Å². The molecule has 1 nitrogen and oxygen atoms in total. The standard InChI is InChI=1S/C10H7BrO.C2H6/c11-8-5-9-6-3-1-2-4-7(6)10(8)12-9;1-2/h1-5,9-10H;1-2H3. The third kappa shape index (κ3) is 1.33. The van der Waals surface area contributed by atoms with Crippen molar-refractivity contribution in [1.29, 1.82) is 0 Å². The minimum atomic E-state index is 0.172. The number of rotatable bonds is 0. The lowest BCUT2D eigenvalue weighted by molar-refractivity contribution is 0.0867. The number of fused-ring (bicyclic) bond motifs is 5. The van der Waals surface area contributed by atoms with Crippen LogP contribution in [0.2, 0.25) is 0 Å². The molecule has 2 bridgehead atoms. The first-order valence-electron chi connectivity index (χ1n) is 4.98. The summed E-state index contributed by atoms with van der Waals surface area (Å²) in [6.07, 6.45) is 2.50. The number of hydrogen-bond acceptors (Lipinski definition) is 1. The van der Waals surface area contributed by atoms with E-state index in [0.29, 0.717) is 0 Å². The van der Waals surface area contributed by atoms with Gasteiger partial charge in [-0.15, -0.1) is 0 Å². The maximum Gasteiger partial charge on any atom is 0.115 e. The third-order valence-electron chi connectivity index (χ3n) is 2.43. The van der Waals surface area contributed by atoms with Crippen LogP contribution in [0.1, 0.15) is 37.2 Å². The maximum atomic E-state index is 5.72. The fraction of sp³-hybridized carbons (Fsp3) is 0.333. The molecule has 0 N–H and O–H groups in total. The monoisotopic (exact) mass is 252 g/mol. The highest BCUT2D eigenvalue weighted by molar-refractivity contribution is 9.11. The van der Waals surface area contributed by atoms with Gasteiger partial charge in [0.15, 0.2) is 0 Å². The van der Waals surface area contributed by atoms with Crippen molar-refractivity contribution in [3.8, 4) is 0 Å². The Labute approximate surface area is 92.9 Å². The first-order chi connectivity index (χ1) is 6.86. The van der Waals surface area contributed by atoms with E-state index in [4.69, 9.17) is 4.74 Å². The molecule has 0 radical (unpaired) electrons. The van der Waals surface area contributed by atoms with Crippen LogP contribution in [0.4, 0.5) is 0 Å². The van der Waals surface area contributed by atoms with Crippen molar-refractivity contribution in [3.05, 3.63) is 46.0 Å². The van der Waals surface area contributed by atoms with Crippen LogP contribution < -0.4 is 0 Å². The fourth-order valence-corrected chi connectivity index (χ4v) is 2.47. The third-order valence-corrected chi connectivity index (χ3v) is 3.11. The van der Waals surface area contributed by atoms with Crippen LogP contribution in [0.15, 0.2) is 34.8 Å². The van der Waals surface area contributed by atoms with Crippen molar-refractivity contribution in [2.24, 2.45) is 0 Å². The van der Waals surface area contributed by atoms with Crippen LogP contribution in [-0.4, -0.2) is 0 Å². The van der Waals surface area contributed by atoms with E-state index in [0.717, 1.165) is 0 Å². The molecule has 1 aromatic rings. The second-order valence-corrected chi connectivity index (χ2v) is 4.03. The molecule has 0 spiro atoms. The molecule has 0 saturated heterocycles. The van der Waals surface area contributed by atoms with Crippen molar-refractivity contribution in [2.75, 3.05) is 0 Å². The summed E-state index contributed by atoms with van der Waals surface area (Å²) in [4.78, 5) is 0. The molecule has 3 rings (SSSR count). The van der Waals surface area contributed by atoms with E-state index in [1.807, 2.05) is 13.8 Å². The normalized spacial score (nSPS) is 26.4. The topological polar surface area (TPSA) is 9.23 Å². The summed E-state index contributed by atoms with van der Waals surface area (Å²) in [5, 5.41) is 0. The molecule has 1 aromatic carbocycles. The van der Waals surface area contributed by atoms with Gasteiger partial charge >= 0.3 is 0 Å².